The molecule has 154 valence electrons. The van der Waals surface area contributed by atoms with Crippen LogP contribution in [0, 0.1) is 5.82 Å². The Balaban J connectivity index is 1.85. The van der Waals surface area contributed by atoms with Crippen molar-refractivity contribution in [3.8, 4) is 5.69 Å². The van der Waals surface area contributed by atoms with Crippen LogP contribution in [0.4, 0.5) is 10.2 Å². The van der Waals surface area contributed by atoms with E-state index in [-0.39, 0.29) is 35.2 Å². The van der Waals surface area contributed by atoms with Crippen LogP contribution >= 0.6 is 0 Å². The van der Waals surface area contributed by atoms with Crippen molar-refractivity contribution in [3.05, 3.63) is 41.3 Å². The molecule has 0 fully saturated rings. The summed E-state index contributed by atoms with van der Waals surface area (Å²) in [5.74, 6) is -4.11. The maximum atomic E-state index is 13.2. The Morgan fingerprint density at radius 3 is 2.52 bits per heavy atom. The maximum Gasteiger partial charge on any atom is 0.325 e. The van der Waals surface area contributed by atoms with Gasteiger partial charge in [-0.3, -0.25) is 14.4 Å². The number of sulfone groups is 1. The summed E-state index contributed by atoms with van der Waals surface area (Å²) in [4.78, 5) is 35.5. The molecule has 29 heavy (non-hydrogen) atoms. The molecular formula is C17H17FN4O6S. The second-order valence-electron chi connectivity index (χ2n) is 6.14. The molecule has 0 bridgehead atoms. The number of aromatic nitrogens is 2. The molecule has 2 aromatic rings. The van der Waals surface area contributed by atoms with E-state index in [2.05, 4.69) is 20.5 Å². The summed E-state index contributed by atoms with van der Waals surface area (Å²) in [7, 11) is -3.42. The molecule has 0 spiro atoms. The molecule has 12 heteroatoms. The van der Waals surface area contributed by atoms with E-state index in [1.54, 1.807) is 6.92 Å². The summed E-state index contributed by atoms with van der Waals surface area (Å²) in [6, 6.07) is 5.14. The van der Waals surface area contributed by atoms with Crippen molar-refractivity contribution >= 4 is 33.4 Å². The Morgan fingerprint density at radius 1 is 1.17 bits per heavy atom. The van der Waals surface area contributed by atoms with Crippen LogP contribution in [0.2, 0.25) is 0 Å². The standard InChI is InChI=1S/C17H17FN4O6S/c1-2-28-14(23)7-19-16(24)17(25)20-15-12-8-29(26,27)9-13(12)21-22(15)11-5-3-10(18)4-6-11/h3-6H,2,7-9H2,1H3,(H,19,24)(H,20,25). The van der Waals surface area contributed by atoms with E-state index < -0.39 is 40.0 Å². The van der Waals surface area contributed by atoms with Gasteiger partial charge in [-0.25, -0.2) is 17.5 Å². The summed E-state index contributed by atoms with van der Waals surface area (Å²) in [5, 5.41) is 8.64. The number of hydrogen-bond donors (Lipinski definition) is 2. The lowest BCUT2D eigenvalue weighted by Gasteiger charge is -2.11. The van der Waals surface area contributed by atoms with Gasteiger partial charge in [0.15, 0.2) is 9.84 Å². The monoisotopic (exact) mass is 424 g/mol. The van der Waals surface area contributed by atoms with Crippen molar-refractivity contribution in [2.24, 2.45) is 0 Å². The molecule has 2 amide bonds. The van der Waals surface area contributed by atoms with Gasteiger partial charge in [0.1, 0.15) is 18.2 Å². The summed E-state index contributed by atoms with van der Waals surface area (Å²) in [6.45, 7) is 1.22. The minimum Gasteiger partial charge on any atom is -0.465 e. The van der Waals surface area contributed by atoms with Crippen LogP contribution in [0.1, 0.15) is 18.2 Å². The molecule has 0 saturated heterocycles. The highest BCUT2D eigenvalue weighted by Crippen LogP contribution is 2.32. The maximum absolute atomic E-state index is 13.2. The number of anilines is 1. The van der Waals surface area contributed by atoms with Crippen LogP contribution < -0.4 is 10.6 Å². The van der Waals surface area contributed by atoms with Gasteiger partial charge < -0.3 is 15.4 Å². The van der Waals surface area contributed by atoms with Crippen molar-refractivity contribution in [2.45, 2.75) is 18.4 Å². The number of fused-ring (bicyclic) bond motifs is 1. The van der Waals surface area contributed by atoms with Crippen molar-refractivity contribution in [1.82, 2.24) is 15.1 Å². The van der Waals surface area contributed by atoms with Crippen LogP contribution in [-0.2, 0) is 40.5 Å². The van der Waals surface area contributed by atoms with E-state index in [0.717, 1.165) is 0 Å². The number of carbonyl (C=O) groups excluding carboxylic acids is 3. The van der Waals surface area contributed by atoms with E-state index >= 15 is 0 Å². The van der Waals surface area contributed by atoms with Crippen LogP contribution in [0.5, 0.6) is 0 Å². The van der Waals surface area contributed by atoms with Crippen LogP contribution in [0.15, 0.2) is 24.3 Å². The lowest BCUT2D eigenvalue weighted by atomic mass is 10.2. The number of nitrogens with zero attached hydrogens (tertiary/aromatic N) is 2. The first kappa shape index (κ1) is 20.5. The number of ether oxygens (including phenoxy) is 1. The smallest absolute Gasteiger partial charge is 0.325 e. The van der Waals surface area contributed by atoms with E-state index in [1.165, 1.54) is 28.9 Å². The quantitative estimate of drug-likeness (QED) is 0.511. The first-order valence-electron chi connectivity index (χ1n) is 8.52. The summed E-state index contributed by atoms with van der Waals surface area (Å²) in [6.07, 6.45) is 0. The first-order chi connectivity index (χ1) is 13.7. The third-order valence-electron chi connectivity index (χ3n) is 4.00. The van der Waals surface area contributed by atoms with Gasteiger partial charge in [-0.15, -0.1) is 0 Å². The predicted molar refractivity (Wildman–Crippen MR) is 98.1 cm³/mol. The Bertz CT molecular complexity index is 1080. The predicted octanol–water partition coefficient (Wildman–Crippen LogP) is 0.0576. The zero-order valence-electron chi connectivity index (χ0n) is 15.3. The molecule has 2 N–H and O–H groups in total. The van der Waals surface area contributed by atoms with Crippen molar-refractivity contribution < 1.29 is 31.9 Å². The normalized spacial score (nSPS) is 14.1. The average molecular weight is 424 g/mol. The Hall–Kier alpha value is -3.28. The summed E-state index contributed by atoms with van der Waals surface area (Å²) in [5.41, 5.74) is 0.845. The van der Waals surface area contributed by atoms with Gasteiger partial charge in [-0.1, -0.05) is 0 Å². The van der Waals surface area contributed by atoms with Crippen molar-refractivity contribution in [1.29, 1.82) is 0 Å². The third kappa shape index (κ3) is 4.59. The molecule has 0 aliphatic carbocycles. The van der Waals surface area contributed by atoms with Gasteiger partial charge in [0.05, 0.1) is 29.5 Å². The molecule has 1 aromatic heterocycles. The number of nitrogens with one attached hydrogen (secondary N) is 2. The SMILES string of the molecule is CCOC(=O)CNC(=O)C(=O)Nc1c2c(nn1-c1ccc(F)cc1)CS(=O)(=O)C2. The number of hydrogen-bond acceptors (Lipinski definition) is 7. The molecule has 0 saturated carbocycles. The number of rotatable bonds is 5. The molecule has 10 nitrogen and oxygen atoms in total. The Labute approximate surface area is 164 Å². The zero-order valence-corrected chi connectivity index (χ0v) is 16.1. The van der Waals surface area contributed by atoms with Gasteiger partial charge >= 0.3 is 17.8 Å². The fraction of sp³-hybridized carbons (Fsp3) is 0.294. The molecule has 3 rings (SSSR count). The van der Waals surface area contributed by atoms with E-state index in [0.29, 0.717) is 5.69 Å². The van der Waals surface area contributed by atoms with Crippen molar-refractivity contribution in [2.75, 3.05) is 18.5 Å². The molecule has 0 radical (unpaired) electrons. The topological polar surface area (TPSA) is 136 Å². The van der Waals surface area contributed by atoms with Crippen LogP contribution in [-0.4, -0.2) is 49.1 Å². The number of esters is 1. The lowest BCUT2D eigenvalue weighted by Crippen LogP contribution is -2.39. The molecule has 0 unspecified atom stereocenters. The van der Waals surface area contributed by atoms with Gasteiger partial charge in [0.2, 0.25) is 0 Å². The van der Waals surface area contributed by atoms with E-state index in [9.17, 15) is 27.2 Å². The Morgan fingerprint density at radius 2 is 1.86 bits per heavy atom. The molecule has 1 aliphatic rings. The number of halogens is 1. The summed E-state index contributed by atoms with van der Waals surface area (Å²) >= 11 is 0. The number of benzene rings is 1. The van der Waals surface area contributed by atoms with Crippen molar-refractivity contribution in [3.63, 3.8) is 0 Å². The van der Waals surface area contributed by atoms with Crippen LogP contribution in [0.25, 0.3) is 5.69 Å². The molecule has 0 atom stereocenters. The van der Waals surface area contributed by atoms with Gasteiger partial charge in [-0.2, -0.15) is 5.10 Å². The summed E-state index contributed by atoms with van der Waals surface area (Å²) < 4.78 is 42.9. The molecule has 1 aliphatic heterocycles. The average Bonchev–Trinajstić information content (AvgIpc) is 3.13. The lowest BCUT2D eigenvalue weighted by molar-refractivity contribution is -0.144. The third-order valence-corrected chi connectivity index (χ3v) is 5.44. The van der Waals surface area contributed by atoms with E-state index in [1.807, 2.05) is 0 Å². The first-order valence-corrected chi connectivity index (χ1v) is 10.3. The van der Waals surface area contributed by atoms with Crippen LogP contribution in [0.3, 0.4) is 0 Å². The van der Waals surface area contributed by atoms with Gasteiger partial charge in [-0.05, 0) is 31.2 Å². The minimum atomic E-state index is -3.42. The number of amides is 2. The van der Waals surface area contributed by atoms with Gasteiger partial charge in [0.25, 0.3) is 0 Å². The largest absolute Gasteiger partial charge is 0.465 e. The molecule has 1 aromatic carbocycles. The number of carbonyl (C=O) groups is 3. The fourth-order valence-corrected chi connectivity index (χ4v) is 4.24. The molecule has 2 heterocycles. The second-order valence-corrected chi connectivity index (χ2v) is 8.20. The fourth-order valence-electron chi connectivity index (χ4n) is 2.75. The van der Waals surface area contributed by atoms with E-state index in [4.69, 9.17) is 0 Å². The minimum absolute atomic E-state index is 0.0102. The molecular weight excluding hydrogens is 407 g/mol. The van der Waals surface area contributed by atoms with Gasteiger partial charge in [0, 0.05) is 5.56 Å². The second kappa shape index (κ2) is 7.99. The highest BCUT2D eigenvalue weighted by molar-refractivity contribution is 7.90. The highest BCUT2D eigenvalue weighted by Gasteiger charge is 2.34. The Kier molecular flexibility index (Phi) is 5.64. The zero-order chi connectivity index (χ0) is 21.2. The highest BCUT2D eigenvalue weighted by atomic mass is 32.2.